The van der Waals surface area contributed by atoms with E-state index in [1.165, 1.54) is 29.5 Å². The molecule has 6 heteroatoms. The molecule has 1 atom stereocenters. The highest BCUT2D eigenvalue weighted by atomic mass is 32.2. The van der Waals surface area contributed by atoms with E-state index in [1.807, 2.05) is 34.7 Å². The van der Waals surface area contributed by atoms with Gasteiger partial charge < -0.3 is 9.47 Å². The smallest absolute Gasteiger partial charge is 0.237 e. The molecule has 0 N–H and O–H groups in total. The van der Waals surface area contributed by atoms with Crippen LogP contribution in [0.25, 0.3) is 11.3 Å². The molecule has 0 saturated carbocycles. The Morgan fingerprint density at radius 3 is 2.74 bits per heavy atom. The second-order valence-electron chi connectivity index (χ2n) is 6.73. The van der Waals surface area contributed by atoms with Gasteiger partial charge in [-0.1, -0.05) is 30.0 Å². The van der Waals surface area contributed by atoms with Gasteiger partial charge in [-0.3, -0.25) is 4.79 Å². The molecule has 0 spiro atoms. The number of rotatable bonds is 4. The Balaban J connectivity index is 1.48. The van der Waals surface area contributed by atoms with Gasteiger partial charge in [0.1, 0.15) is 5.82 Å². The molecule has 0 bridgehead atoms. The summed E-state index contributed by atoms with van der Waals surface area (Å²) in [6.07, 6.45) is 2.65. The van der Waals surface area contributed by atoms with Crippen molar-refractivity contribution in [2.45, 2.75) is 24.5 Å². The van der Waals surface area contributed by atoms with Crippen LogP contribution in [0, 0.1) is 5.82 Å². The van der Waals surface area contributed by atoms with Crippen molar-refractivity contribution in [3.8, 4) is 11.3 Å². The summed E-state index contributed by atoms with van der Waals surface area (Å²) >= 11 is 1.42. The number of hydrogen-bond donors (Lipinski definition) is 0. The third-order valence-electron chi connectivity index (χ3n) is 4.89. The highest BCUT2D eigenvalue weighted by Crippen LogP contribution is 2.33. The molecule has 0 aliphatic carbocycles. The molecule has 0 saturated heterocycles. The first kappa shape index (κ1) is 17.8. The third kappa shape index (κ3) is 3.37. The summed E-state index contributed by atoms with van der Waals surface area (Å²) in [5, 5.41) is 0.766. The van der Waals surface area contributed by atoms with E-state index in [-0.39, 0.29) is 17.8 Å². The van der Waals surface area contributed by atoms with Gasteiger partial charge in [0.2, 0.25) is 5.91 Å². The summed E-state index contributed by atoms with van der Waals surface area (Å²) in [5.74, 6) is 0.150. The van der Waals surface area contributed by atoms with Crippen molar-refractivity contribution in [2.75, 3.05) is 10.7 Å². The first-order valence-corrected chi connectivity index (χ1v) is 9.83. The minimum Gasteiger partial charge on any atom is -0.322 e. The first-order valence-electron chi connectivity index (χ1n) is 8.85. The van der Waals surface area contributed by atoms with E-state index in [1.54, 1.807) is 18.3 Å². The molecule has 2 heterocycles. The molecule has 1 aliphatic heterocycles. The average Bonchev–Trinajstić information content (AvgIpc) is 3.19. The Bertz CT molecular complexity index is 983. The molecule has 1 amide bonds. The SMILES string of the molecule is CC1Cc2ccccc2N1C(=O)CSc1ncc(-c2ccc(F)cc2)n1C. The second kappa shape index (κ2) is 7.19. The maximum absolute atomic E-state index is 13.1. The van der Waals surface area contributed by atoms with Gasteiger partial charge in [0.15, 0.2) is 5.16 Å². The summed E-state index contributed by atoms with van der Waals surface area (Å²) in [6.45, 7) is 2.08. The van der Waals surface area contributed by atoms with Crippen LogP contribution in [0.3, 0.4) is 0 Å². The van der Waals surface area contributed by atoms with Crippen molar-refractivity contribution in [1.29, 1.82) is 0 Å². The summed E-state index contributed by atoms with van der Waals surface area (Å²) < 4.78 is 15.1. The normalized spacial score (nSPS) is 15.8. The fraction of sp³-hybridized carbons (Fsp3) is 0.238. The van der Waals surface area contributed by atoms with Crippen LogP contribution in [0.2, 0.25) is 0 Å². The number of halogens is 1. The summed E-state index contributed by atoms with van der Waals surface area (Å²) in [6, 6.07) is 14.6. The van der Waals surface area contributed by atoms with E-state index >= 15 is 0 Å². The van der Waals surface area contributed by atoms with Crippen LogP contribution in [-0.4, -0.2) is 27.3 Å². The molecule has 4 nitrogen and oxygen atoms in total. The zero-order valence-electron chi connectivity index (χ0n) is 15.2. The zero-order chi connectivity index (χ0) is 19.0. The maximum atomic E-state index is 13.1. The summed E-state index contributed by atoms with van der Waals surface area (Å²) in [4.78, 5) is 19.2. The number of para-hydroxylation sites is 1. The fourth-order valence-corrected chi connectivity index (χ4v) is 4.37. The Morgan fingerprint density at radius 2 is 1.96 bits per heavy atom. The Labute approximate surface area is 162 Å². The highest BCUT2D eigenvalue weighted by molar-refractivity contribution is 7.99. The molecule has 1 aliphatic rings. The topological polar surface area (TPSA) is 38.1 Å². The van der Waals surface area contributed by atoms with Crippen LogP contribution in [0.4, 0.5) is 10.1 Å². The van der Waals surface area contributed by atoms with Gasteiger partial charge in [0.05, 0.1) is 17.6 Å². The van der Waals surface area contributed by atoms with Crippen LogP contribution in [-0.2, 0) is 18.3 Å². The summed E-state index contributed by atoms with van der Waals surface area (Å²) in [5.41, 5.74) is 4.03. The van der Waals surface area contributed by atoms with E-state index in [9.17, 15) is 9.18 Å². The number of carbonyl (C=O) groups excluding carboxylic acids is 1. The Kier molecular flexibility index (Phi) is 4.74. The molecule has 1 unspecified atom stereocenters. The quantitative estimate of drug-likeness (QED) is 0.633. The number of aromatic nitrogens is 2. The first-order chi connectivity index (χ1) is 13.0. The predicted molar refractivity (Wildman–Crippen MR) is 106 cm³/mol. The van der Waals surface area contributed by atoms with E-state index in [4.69, 9.17) is 0 Å². The van der Waals surface area contributed by atoms with E-state index < -0.39 is 0 Å². The zero-order valence-corrected chi connectivity index (χ0v) is 16.0. The number of hydrogen-bond acceptors (Lipinski definition) is 3. The van der Waals surface area contributed by atoms with Gasteiger partial charge in [-0.15, -0.1) is 0 Å². The van der Waals surface area contributed by atoms with Crippen LogP contribution >= 0.6 is 11.8 Å². The third-order valence-corrected chi connectivity index (χ3v) is 5.91. The van der Waals surface area contributed by atoms with Crippen molar-refractivity contribution in [2.24, 2.45) is 7.05 Å². The lowest BCUT2D eigenvalue weighted by molar-refractivity contribution is -0.116. The number of nitrogens with zero attached hydrogens (tertiary/aromatic N) is 3. The molecular weight excluding hydrogens is 361 g/mol. The Morgan fingerprint density at radius 1 is 1.22 bits per heavy atom. The lowest BCUT2D eigenvalue weighted by Crippen LogP contribution is -2.37. The minimum atomic E-state index is -0.263. The number of thioether (sulfide) groups is 1. The molecule has 2 aromatic carbocycles. The second-order valence-corrected chi connectivity index (χ2v) is 7.67. The molecule has 1 aromatic heterocycles. The van der Waals surface area contributed by atoms with Gasteiger partial charge in [-0.2, -0.15) is 0 Å². The number of fused-ring (bicyclic) bond motifs is 1. The lowest BCUT2D eigenvalue weighted by Gasteiger charge is -2.22. The molecule has 0 fully saturated rings. The van der Waals surface area contributed by atoms with Crippen LogP contribution in [0.5, 0.6) is 0 Å². The van der Waals surface area contributed by atoms with Gasteiger partial charge in [0.25, 0.3) is 0 Å². The van der Waals surface area contributed by atoms with Gasteiger partial charge in [-0.25, -0.2) is 9.37 Å². The minimum absolute atomic E-state index is 0.0868. The van der Waals surface area contributed by atoms with Crippen LogP contribution < -0.4 is 4.90 Å². The highest BCUT2D eigenvalue weighted by Gasteiger charge is 2.30. The van der Waals surface area contributed by atoms with Crippen molar-refractivity contribution in [3.63, 3.8) is 0 Å². The average molecular weight is 381 g/mol. The lowest BCUT2D eigenvalue weighted by atomic mass is 10.1. The molecule has 27 heavy (non-hydrogen) atoms. The maximum Gasteiger partial charge on any atom is 0.237 e. The molecule has 3 aromatic rings. The molecule has 138 valence electrons. The van der Waals surface area contributed by atoms with E-state index in [2.05, 4.69) is 18.0 Å². The van der Waals surface area contributed by atoms with Crippen LogP contribution in [0.1, 0.15) is 12.5 Å². The molecule has 4 rings (SSSR count). The molecular formula is C21H20FN3OS. The largest absolute Gasteiger partial charge is 0.322 e. The predicted octanol–water partition coefficient (Wildman–Crippen LogP) is 4.30. The van der Waals surface area contributed by atoms with Crippen molar-refractivity contribution in [3.05, 3.63) is 66.1 Å². The Hall–Kier alpha value is -2.60. The van der Waals surface area contributed by atoms with Crippen molar-refractivity contribution >= 4 is 23.4 Å². The number of imidazole rings is 1. The molecule has 0 radical (unpaired) electrons. The van der Waals surface area contributed by atoms with E-state index in [0.717, 1.165) is 28.5 Å². The van der Waals surface area contributed by atoms with E-state index in [0.29, 0.717) is 5.75 Å². The standard InChI is InChI=1S/C21H20FN3OS/c1-14-11-16-5-3-4-6-18(16)25(14)20(26)13-27-21-23-12-19(24(21)2)15-7-9-17(22)10-8-15/h3-10,12,14H,11,13H2,1-2H3. The van der Waals surface area contributed by atoms with Gasteiger partial charge in [0, 0.05) is 18.8 Å². The van der Waals surface area contributed by atoms with Crippen molar-refractivity contribution in [1.82, 2.24) is 9.55 Å². The van der Waals surface area contributed by atoms with Crippen LogP contribution in [0.15, 0.2) is 59.9 Å². The number of amides is 1. The monoisotopic (exact) mass is 381 g/mol. The number of benzene rings is 2. The van der Waals surface area contributed by atoms with Gasteiger partial charge in [-0.05, 0) is 54.8 Å². The summed E-state index contributed by atoms with van der Waals surface area (Å²) in [7, 11) is 1.91. The fourth-order valence-electron chi connectivity index (χ4n) is 3.56. The number of anilines is 1. The van der Waals surface area contributed by atoms with Crippen molar-refractivity contribution < 1.29 is 9.18 Å². The number of carbonyl (C=O) groups is 1. The van der Waals surface area contributed by atoms with Gasteiger partial charge >= 0.3 is 0 Å².